The normalized spacial score (nSPS) is 21.3. The predicted molar refractivity (Wildman–Crippen MR) is 78.9 cm³/mol. The molecule has 3 heteroatoms. The predicted octanol–water partition coefficient (Wildman–Crippen LogP) is 3.52. The molecule has 1 aliphatic heterocycles. The maximum absolute atomic E-state index is 10.1. The molecule has 1 saturated heterocycles. The number of anilines is 1. The van der Waals surface area contributed by atoms with Crippen molar-refractivity contribution in [1.29, 1.82) is 0 Å². The highest BCUT2D eigenvalue weighted by Gasteiger charge is 2.25. The van der Waals surface area contributed by atoms with Crippen LogP contribution in [0.3, 0.4) is 0 Å². The number of aliphatic hydroxyl groups excluding tert-OH is 1. The van der Waals surface area contributed by atoms with Crippen molar-refractivity contribution in [2.24, 2.45) is 0 Å². The van der Waals surface area contributed by atoms with Crippen molar-refractivity contribution in [2.45, 2.75) is 51.7 Å². The molecule has 0 amide bonds. The highest BCUT2D eigenvalue weighted by atomic mass is 16.5. The third kappa shape index (κ3) is 2.86. The number of methoxy groups -OCH3 is 1. The van der Waals surface area contributed by atoms with E-state index in [9.17, 15) is 5.11 Å². The van der Waals surface area contributed by atoms with Crippen LogP contribution < -0.4 is 9.64 Å². The molecule has 0 aromatic heterocycles. The van der Waals surface area contributed by atoms with Crippen molar-refractivity contribution < 1.29 is 9.84 Å². The number of ether oxygens (including phenoxy) is 1. The molecule has 3 nitrogen and oxygen atoms in total. The van der Waals surface area contributed by atoms with Gasteiger partial charge < -0.3 is 14.7 Å². The first-order valence-electron chi connectivity index (χ1n) is 7.30. The average Bonchev–Trinajstić information content (AvgIpc) is 2.46. The third-order valence-corrected chi connectivity index (χ3v) is 4.09. The van der Waals surface area contributed by atoms with Crippen molar-refractivity contribution >= 4 is 5.69 Å². The van der Waals surface area contributed by atoms with Crippen LogP contribution in [0.25, 0.3) is 0 Å². The molecule has 1 aliphatic rings. The molecule has 0 saturated carbocycles. The molecule has 0 aliphatic carbocycles. The SMILES string of the molecule is CCC1CCCCN1c1cccc(OC)c1[C@H](C)O. The van der Waals surface area contributed by atoms with Crippen molar-refractivity contribution in [1.82, 2.24) is 0 Å². The number of rotatable bonds is 4. The van der Waals surface area contributed by atoms with Crippen LogP contribution in [0.4, 0.5) is 5.69 Å². The summed E-state index contributed by atoms with van der Waals surface area (Å²) in [6.07, 6.45) is 4.42. The Morgan fingerprint density at radius 1 is 1.42 bits per heavy atom. The van der Waals surface area contributed by atoms with Crippen LogP contribution in [0.5, 0.6) is 5.75 Å². The molecular formula is C16H25NO2. The van der Waals surface area contributed by atoms with Crippen LogP contribution in [-0.4, -0.2) is 24.8 Å². The molecule has 1 unspecified atom stereocenters. The Bertz CT molecular complexity index is 417. The van der Waals surface area contributed by atoms with E-state index in [1.165, 1.54) is 19.3 Å². The van der Waals surface area contributed by atoms with E-state index in [4.69, 9.17) is 4.74 Å². The van der Waals surface area contributed by atoms with Crippen molar-refractivity contribution in [3.8, 4) is 5.75 Å². The molecule has 19 heavy (non-hydrogen) atoms. The van der Waals surface area contributed by atoms with Gasteiger partial charge in [-0.2, -0.15) is 0 Å². The van der Waals surface area contributed by atoms with E-state index in [1.807, 2.05) is 19.1 Å². The summed E-state index contributed by atoms with van der Waals surface area (Å²) in [5.74, 6) is 0.785. The Morgan fingerprint density at radius 2 is 2.21 bits per heavy atom. The molecule has 1 heterocycles. The minimum atomic E-state index is -0.509. The summed E-state index contributed by atoms with van der Waals surface area (Å²) in [7, 11) is 1.67. The maximum atomic E-state index is 10.1. The monoisotopic (exact) mass is 263 g/mol. The second kappa shape index (κ2) is 6.29. The lowest BCUT2D eigenvalue weighted by Crippen LogP contribution is -2.39. The van der Waals surface area contributed by atoms with Crippen LogP contribution in [0.1, 0.15) is 51.2 Å². The number of nitrogens with zero attached hydrogens (tertiary/aromatic N) is 1. The lowest BCUT2D eigenvalue weighted by molar-refractivity contribution is 0.194. The topological polar surface area (TPSA) is 32.7 Å². The van der Waals surface area contributed by atoms with Crippen LogP contribution in [-0.2, 0) is 0 Å². The minimum absolute atomic E-state index is 0.509. The summed E-state index contributed by atoms with van der Waals surface area (Å²) in [5, 5.41) is 10.1. The second-order valence-electron chi connectivity index (χ2n) is 5.32. The zero-order valence-electron chi connectivity index (χ0n) is 12.2. The van der Waals surface area contributed by atoms with E-state index in [0.717, 1.165) is 30.0 Å². The van der Waals surface area contributed by atoms with E-state index >= 15 is 0 Å². The maximum Gasteiger partial charge on any atom is 0.126 e. The van der Waals surface area contributed by atoms with Gasteiger partial charge in [-0.1, -0.05) is 13.0 Å². The minimum Gasteiger partial charge on any atom is -0.496 e. The largest absolute Gasteiger partial charge is 0.496 e. The van der Waals surface area contributed by atoms with Gasteiger partial charge in [0, 0.05) is 23.8 Å². The first-order chi connectivity index (χ1) is 9.19. The van der Waals surface area contributed by atoms with E-state index < -0.39 is 6.10 Å². The standard InChI is InChI=1S/C16H25NO2/c1-4-13-8-5-6-11-17(13)14-9-7-10-15(19-3)16(14)12(2)18/h7,9-10,12-13,18H,4-6,8,11H2,1-3H3/t12-,13?/m0/s1. The second-order valence-corrected chi connectivity index (χ2v) is 5.32. The van der Waals surface area contributed by atoms with Crippen LogP contribution >= 0.6 is 0 Å². The van der Waals surface area contributed by atoms with E-state index in [2.05, 4.69) is 17.9 Å². The molecule has 106 valence electrons. The van der Waals surface area contributed by atoms with Gasteiger partial charge in [-0.25, -0.2) is 0 Å². The van der Waals surface area contributed by atoms with Gasteiger partial charge in [-0.3, -0.25) is 0 Å². The average molecular weight is 263 g/mol. The quantitative estimate of drug-likeness (QED) is 0.902. The highest BCUT2D eigenvalue weighted by Crippen LogP contribution is 2.37. The number of benzene rings is 1. The van der Waals surface area contributed by atoms with Crippen molar-refractivity contribution in [3.05, 3.63) is 23.8 Å². The fraction of sp³-hybridized carbons (Fsp3) is 0.625. The Hall–Kier alpha value is -1.22. The van der Waals surface area contributed by atoms with Gasteiger partial charge in [0.2, 0.25) is 0 Å². The molecule has 1 aromatic rings. The summed E-state index contributed by atoms with van der Waals surface area (Å²) in [6.45, 7) is 5.13. The molecule has 1 aromatic carbocycles. The highest BCUT2D eigenvalue weighted by molar-refractivity contribution is 5.61. The summed E-state index contributed by atoms with van der Waals surface area (Å²) in [5.41, 5.74) is 2.06. The fourth-order valence-corrected chi connectivity index (χ4v) is 3.12. The summed E-state index contributed by atoms with van der Waals surface area (Å²) < 4.78 is 5.42. The Balaban J connectivity index is 2.42. The summed E-state index contributed by atoms with van der Waals surface area (Å²) >= 11 is 0. The first kappa shape index (κ1) is 14.2. The van der Waals surface area contributed by atoms with Gasteiger partial charge in [-0.15, -0.1) is 0 Å². The fourth-order valence-electron chi connectivity index (χ4n) is 3.12. The van der Waals surface area contributed by atoms with E-state index in [-0.39, 0.29) is 0 Å². The summed E-state index contributed by atoms with van der Waals surface area (Å²) in [4.78, 5) is 2.45. The Labute approximate surface area is 116 Å². The molecule has 0 radical (unpaired) electrons. The van der Waals surface area contributed by atoms with Gasteiger partial charge >= 0.3 is 0 Å². The molecule has 2 rings (SSSR count). The molecule has 0 spiro atoms. The molecule has 1 N–H and O–H groups in total. The van der Waals surface area contributed by atoms with Gasteiger partial charge in [-0.05, 0) is 44.7 Å². The number of piperidine rings is 1. The number of hydrogen-bond acceptors (Lipinski definition) is 3. The molecular weight excluding hydrogens is 238 g/mol. The first-order valence-corrected chi connectivity index (χ1v) is 7.30. The summed E-state index contributed by atoms with van der Waals surface area (Å²) in [6, 6.07) is 6.63. The van der Waals surface area contributed by atoms with Crippen LogP contribution in [0.2, 0.25) is 0 Å². The smallest absolute Gasteiger partial charge is 0.126 e. The molecule has 0 bridgehead atoms. The number of aliphatic hydroxyl groups is 1. The lowest BCUT2D eigenvalue weighted by Gasteiger charge is -2.39. The van der Waals surface area contributed by atoms with Crippen molar-refractivity contribution in [3.63, 3.8) is 0 Å². The number of hydrogen-bond donors (Lipinski definition) is 1. The van der Waals surface area contributed by atoms with E-state index in [1.54, 1.807) is 7.11 Å². The van der Waals surface area contributed by atoms with Gasteiger partial charge in [0.05, 0.1) is 13.2 Å². The lowest BCUT2D eigenvalue weighted by atomic mass is 9.96. The Morgan fingerprint density at radius 3 is 2.84 bits per heavy atom. The van der Waals surface area contributed by atoms with Crippen LogP contribution in [0, 0.1) is 0 Å². The third-order valence-electron chi connectivity index (χ3n) is 4.09. The van der Waals surface area contributed by atoms with Gasteiger partial charge in [0.15, 0.2) is 0 Å². The van der Waals surface area contributed by atoms with Crippen LogP contribution in [0.15, 0.2) is 18.2 Å². The van der Waals surface area contributed by atoms with Gasteiger partial charge in [0.1, 0.15) is 5.75 Å². The van der Waals surface area contributed by atoms with E-state index in [0.29, 0.717) is 6.04 Å². The zero-order valence-corrected chi connectivity index (χ0v) is 12.2. The Kier molecular flexibility index (Phi) is 4.70. The van der Waals surface area contributed by atoms with Gasteiger partial charge in [0.25, 0.3) is 0 Å². The molecule has 2 atom stereocenters. The molecule has 1 fully saturated rings. The zero-order chi connectivity index (χ0) is 13.8. The van der Waals surface area contributed by atoms with Crippen molar-refractivity contribution in [2.75, 3.05) is 18.6 Å².